The van der Waals surface area contributed by atoms with Gasteiger partial charge in [-0.25, -0.2) is 4.98 Å². The number of hydrazone groups is 1. The van der Waals surface area contributed by atoms with Crippen molar-refractivity contribution in [3.63, 3.8) is 0 Å². The summed E-state index contributed by atoms with van der Waals surface area (Å²) in [5, 5.41) is 27.8. The molecule has 0 atom stereocenters. The highest BCUT2D eigenvalue weighted by atomic mass is 35.5. The number of nitrogens with one attached hydrogen (secondary N) is 1. The van der Waals surface area contributed by atoms with Crippen molar-refractivity contribution in [3.8, 4) is 17.0 Å². The number of phenolic OH excluding ortho intramolecular Hbond substituents is 1. The first kappa shape index (κ1) is 17.8. The molecule has 3 aromatic rings. The number of halogens is 1. The van der Waals surface area contributed by atoms with Gasteiger partial charge in [0.05, 0.1) is 21.9 Å². The molecule has 0 spiro atoms. The number of hydrogen-bond acceptors (Lipinski definition) is 7. The first-order valence-corrected chi connectivity index (χ1v) is 8.69. The third-order valence-electron chi connectivity index (χ3n) is 3.61. The average molecular weight is 389 g/mol. The van der Waals surface area contributed by atoms with Crippen LogP contribution in [0.2, 0.25) is 5.02 Å². The number of thiazole rings is 1. The summed E-state index contributed by atoms with van der Waals surface area (Å²) in [6.45, 7) is 1.47. The van der Waals surface area contributed by atoms with Gasteiger partial charge < -0.3 is 5.11 Å². The molecule has 3 rings (SSSR count). The predicted octanol–water partition coefficient (Wildman–Crippen LogP) is 4.83. The zero-order chi connectivity index (χ0) is 18.7. The van der Waals surface area contributed by atoms with Crippen LogP contribution in [0, 0.1) is 17.0 Å². The van der Waals surface area contributed by atoms with Crippen LogP contribution in [0.3, 0.4) is 0 Å². The number of nitro benzene ring substituents is 1. The van der Waals surface area contributed by atoms with Crippen LogP contribution in [-0.2, 0) is 0 Å². The van der Waals surface area contributed by atoms with E-state index in [0.29, 0.717) is 5.13 Å². The van der Waals surface area contributed by atoms with E-state index < -0.39 is 16.4 Å². The zero-order valence-corrected chi connectivity index (χ0v) is 15.1. The second-order valence-electron chi connectivity index (χ2n) is 5.30. The molecule has 1 heterocycles. The van der Waals surface area contributed by atoms with E-state index in [1.165, 1.54) is 30.5 Å². The van der Waals surface area contributed by atoms with Crippen LogP contribution in [0.4, 0.5) is 10.8 Å². The summed E-state index contributed by atoms with van der Waals surface area (Å²) in [5.41, 5.74) is 4.45. The highest BCUT2D eigenvalue weighted by molar-refractivity contribution is 7.14. The molecule has 7 nitrogen and oxygen atoms in total. The van der Waals surface area contributed by atoms with Gasteiger partial charge in [0.2, 0.25) is 10.9 Å². The summed E-state index contributed by atoms with van der Waals surface area (Å²) in [6.07, 6.45) is 1.26. The molecule has 9 heteroatoms. The Morgan fingerprint density at radius 2 is 2.12 bits per heavy atom. The van der Waals surface area contributed by atoms with E-state index in [1.54, 1.807) is 0 Å². The van der Waals surface area contributed by atoms with Crippen molar-refractivity contribution in [1.29, 1.82) is 0 Å². The molecule has 0 fully saturated rings. The zero-order valence-electron chi connectivity index (χ0n) is 13.5. The fraction of sp³-hybridized carbons (Fsp3) is 0.0588. The SMILES string of the molecule is Cc1c(Cl)cc(C=NNc2nc(-c3ccccc3)cs2)c(O)c1[N+](=O)[O-]. The molecule has 0 saturated heterocycles. The van der Waals surface area contributed by atoms with Gasteiger partial charge >= 0.3 is 5.69 Å². The van der Waals surface area contributed by atoms with Crippen LogP contribution in [0.15, 0.2) is 46.9 Å². The first-order chi connectivity index (χ1) is 12.5. The van der Waals surface area contributed by atoms with Crippen LogP contribution in [0.25, 0.3) is 11.3 Å². The lowest BCUT2D eigenvalue weighted by atomic mass is 10.1. The van der Waals surface area contributed by atoms with Gasteiger partial charge in [-0.3, -0.25) is 15.5 Å². The molecule has 0 aliphatic rings. The normalized spacial score (nSPS) is 11.0. The maximum absolute atomic E-state index is 11.1. The van der Waals surface area contributed by atoms with E-state index in [1.807, 2.05) is 35.7 Å². The number of aromatic nitrogens is 1. The van der Waals surface area contributed by atoms with Crippen LogP contribution >= 0.6 is 22.9 Å². The largest absolute Gasteiger partial charge is 0.502 e. The van der Waals surface area contributed by atoms with Crippen molar-refractivity contribution in [2.24, 2.45) is 5.10 Å². The Balaban J connectivity index is 1.80. The summed E-state index contributed by atoms with van der Waals surface area (Å²) >= 11 is 7.36. The Kier molecular flexibility index (Phi) is 5.15. The minimum atomic E-state index is -0.672. The number of aromatic hydroxyl groups is 1. The van der Waals surface area contributed by atoms with Crippen LogP contribution in [-0.4, -0.2) is 21.2 Å². The van der Waals surface area contributed by atoms with Crippen molar-refractivity contribution >= 4 is 40.0 Å². The molecule has 2 aromatic carbocycles. The van der Waals surface area contributed by atoms with Crippen molar-refractivity contribution in [3.05, 3.63) is 68.0 Å². The number of nitro groups is 1. The Labute approximate surface area is 157 Å². The van der Waals surface area contributed by atoms with Gasteiger partial charge in [0.25, 0.3) is 0 Å². The summed E-state index contributed by atoms with van der Waals surface area (Å²) in [7, 11) is 0. The molecule has 0 unspecified atom stereocenters. The standard InChI is InChI=1S/C17H13ClN4O3S/c1-10-13(18)7-12(16(23)15(10)22(24)25)8-19-21-17-20-14(9-26-17)11-5-3-2-4-6-11/h2-9,23H,1H3,(H,20,21). The van der Waals surface area contributed by atoms with Gasteiger partial charge in [0, 0.05) is 22.1 Å². The summed E-state index contributed by atoms with van der Waals surface area (Å²) in [4.78, 5) is 14.8. The summed E-state index contributed by atoms with van der Waals surface area (Å²) < 4.78 is 0. The molecular weight excluding hydrogens is 376 g/mol. The van der Waals surface area contributed by atoms with E-state index in [0.717, 1.165) is 11.3 Å². The third-order valence-corrected chi connectivity index (χ3v) is 4.75. The Morgan fingerprint density at radius 1 is 1.38 bits per heavy atom. The second-order valence-corrected chi connectivity index (χ2v) is 6.57. The molecule has 0 amide bonds. The van der Waals surface area contributed by atoms with E-state index in [9.17, 15) is 15.2 Å². The lowest BCUT2D eigenvalue weighted by Crippen LogP contribution is -1.97. The van der Waals surface area contributed by atoms with Crippen LogP contribution < -0.4 is 5.43 Å². The van der Waals surface area contributed by atoms with Gasteiger partial charge in [-0.1, -0.05) is 41.9 Å². The molecule has 26 heavy (non-hydrogen) atoms. The maximum Gasteiger partial charge on any atom is 0.315 e. The van der Waals surface area contributed by atoms with Gasteiger partial charge in [0.15, 0.2) is 0 Å². The van der Waals surface area contributed by atoms with Crippen molar-refractivity contribution in [2.75, 3.05) is 5.43 Å². The van der Waals surface area contributed by atoms with Crippen LogP contribution in [0.5, 0.6) is 5.75 Å². The van der Waals surface area contributed by atoms with Crippen molar-refractivity contribution in [2.45, 2.75) is 6.92 Å². The van der Waals surface area contributed by atoms with E-state index in [-0.39, 0.29) is 16.1 Å². The Morgan fingerprint density at radius 3 is 2.81 bits per heavy atom. The summed E-state index contributed by atoms with van der Waals surface area (Å²) in [5.74, 6) is -0.480. The molecule has 2 N–H and O–H groups in total. The molecule has 0 aliphatic heterocycles. The predicted molar refractivity (Wildman–Crippen MR) is 103 cm³/mol. The fourth-order valence-corrected chi connectivity index (χ4v) is 3.16. The highest BCUT2D eigenvalue weighted by Crippen LogP contribution is 2.37. The average Bonchev–Trinajstić information content (AvgIpc) is 3.09. The van der Waals surface area contributed by atoms with E-state index in [4.69, 9.17) is 11.6 Å². The molecular formula is C17H13ClN4O3S. The maximum atomic E-state index is 11.1. The van der Waals surface area contributed by atoms with Crippen molar-refractivity contribution < 1.29 is 10.0 Å². The van der Waals surface area contributed by atoms with E-state index in [2.05, 4.69) is 15.5 Å². The lowest BCUT2D eigenvalue weighted by Gasteiger charge is -2.05. The van der Waals surface area contributed by atoms with Crippen molar-refractivity contribution in [1.82, 2.24) is 4.98 Å². The third kappa shape index (κ3) is 3.66. The minimum Gasteiger partial charge on any atom is -0.502 e. The molecule has 0 radical (unpaired) electrons. The molecule has 132 valence electrons. The number of rotatable bonds is 5. The minimum absolute atomic E-state index is 0.139. The summed E-state index contributed by atoms with van der Waals surface area (Å²) in [6, 6.07) is 11.1. The van der Waals surface area contributed by atoms with Gasteiger partial charge in [0.1, 0.15) is 0 Å². The fourth-order valence-electron chi connectivity index (χ4n) is 2.29. The topological polar surface area (TPSA) is 101 Å². The second kappa shape index (κ2) is 7.51. The quantitative estimate of drug-likeness (QED) is 0.370. The molecule has 1 aromatic heterocycles. The van der Waals surface area contributed by atoms with Crippen LogP contribution in [0.1, 0.15) is 11.1 Å². The van der Waals surface area contributed by atoms with Gasteiger partial charge in [-0.05, 0) is 13.0 Å². The van der Waals surface area contributed by atoms with Gasteiger partial charge in [-0.15, -0.1) is 11.3 Å². The van der Waals surface area contributed by atoms with Gasteiger partial charge in [-0.2, -0.15) is 5.10 Å². The van der Waals surface area contributed by atoms with E-state index >= 15 is 0 Å². The first-order valence-electron chi connectivity index (χ1n) is 7.44. The number of anilines is 1. The smallest absolute Gasteiger partial charge is 0.315 e. The molecule has 0 saturated carbocycles. The lowest BCUT2D eigenvalue weighted by molar-refractivity contribution is -0.386. The molecule has 0 bridgehead atoms. The molecule has 0 aliphatic carbocycles. The highest BCUT2D eigenvalue weighted by Gasteiger charge is 2.22. The number of phenols is 1. The number of benzene rings is 2. The number of hydrogen-bond donors (Lipinski definition) is 2. The Bertz CT molecular complexity index is 989. The Hall–Kier alpha value is -2.97. The monoisotopic (exact) mass is 388 g/mol. The number of nitrogens with zero attached hydrogens (tertiary/aromatic N) is 3.